The van der Waals surface area contributed by atoms with Gasteiger partial charge in [0.2, 0.25) is 5.95 Å². The topological polar surface area (TPSA) is 111 Å². The van der Waals surface area contributed by atoms with Crippen molar-refractivity contribution in [3.05, 3.63) is 65.7 Å². The normalized spacial score (nSPS) is 11.4. The van der Waals surface area contributed by atoms with Crippen LogP contribution in [0, 0.1) is 13.8 Å². The molecule has 3 aromatic rings. The fourth-order valence-corrected chi connectivity index (χ4v) is 2.75. The Morgan fingerprint density at radius 2 is 1.78 bits per heavy atom. The molecular formula is C20H22N4O3. The van der Waals surface area contributed by atoms with Crippen LogP contribution in [0.1, 0.15) is 16.8 Å². The molecule has 0 spiro atoms. The first kappa shape index (κ1) is 18.9. The van der Waals surface area contributed by atoms with Crippen molar-refractivity contribution in [3.8, 4) is 11.1 Å². The predicted octanol–water partition coefficient (Wildman–Crippen LogP) is 2.07. The van der Waals surface area contributed by atoms with E-state index in [1.54, 1.807) is 18.5 Å². The Kier molecular flexibility index (Phi) is 5.46. The minimum absolute atomic E-state index is 0.350. The molecule has 0 aliphatic carbocycles. The molecule has 0 fully saturated rings. The molecule has 4 N–H and O–H groups in total. The number of aryl methyl sites for hydroxylation is 2. The zero-order valence-corrected chi connectivity index (χ0v) is 15.2. The molecular weight excluding hydrogens is 344 g/mol. The molecule has 2 heterocycles. The number of aliphatic hydroxyl groups is 3. The van der Waals surface area contributed by atoms with Gasteiger partial charge in [0.15, 0.2) is 0 Å². The highest BCUT2D eigenvalue weighted by Gasteiger charge is 2.28. The van der Waals surface area contributed by atoms with Gasteiger partial charge in [-0.3, -0.25) is 4.98 Å². The SMILES string of the molecule is Cc1cc(Nc2nccc(C)n2)cc(-c2cncc(C(O)(CO)CO)c2)c1. The van der Waals surface area contributed by atoms with Crippen molar-refractivity contribution < 1.29 is 15.3 Å². The maximum Gasteiger partial charge on any atom is 0.227 e. The van der Waals surface area contributed by atoms with Gasteiger partial charge in [-0.25, -0.2) is 9.97 Å². The molecule has 0 bridgehead atoms. The predicted molar refractivity (Wildman–Crippen MR) is 103 cm³/mol. The van der Waals surface area contributed by atoms with E-state index in [1.165, 1.54) is 6.20 Å². The van der Waals surface area contributed by atoms with E-state index < -0.39 is 18.8 Å². The number of pyridine rings is 1. The van der Waals surface area contributed by atoms with Crippen LogP contribution in [-0.4, -0.2) is 43.5 Å². The monoisotopic (exact) mass is 366 g/mol. The second kappa shape index (κ2) is 7.79. The highest BCUT2D eigenvalue weighted by molar-refractivity contribution is 5.71. The van der Waals surface area contributed by atoms with E-state index in [0.717, 1.165) is 28.1 Å². The molecule has 1 aromatic carbocycles. The number of hydrogen-bond donors (Lipinski definition) is 4. The molecule has 0 aliphatic heterocycles. The van der Waals surface area contributed by atoms with E-state index in [4.69, 9.17) is 0 Å². The summed E-state index contributed by atoms with van der Waals surface area (Å²) in [7, 11) is 0. The van der Waals surface area contributed by atoms with Crippen LogP contribution in [0.4, 0.5) is 11.6 Å². The minimum atomic E-state index is -1.73. The lowest BCUT2D eigenvalue weighted by Gasteiger charge is -2.23. The van der Waals surface area contributed by atoms with E-state index >= 15 is 0 Å². The van der Waals surface area contributed by atoms with Gasteiger partial charge in [-0.2, -0.15) is 0 Å². The summed E-state index contributed by atoms with van der Waals surface area (Å²) in [6.07, 6.45) is 4.80. The number of nitrogens with one attached hydrogen (secondary N) is 1. The quantitative estimate of drug-likeness (QED) is 0.528. The summed E-state index contributed by atoms with van der Waals surface area (Å²) in [6, 6.07) is 9.43. The van der Waals surface area contributed by atoms with Gasteiger partial charge in [0.05, 0.1) is 13.2 Å². The van der Waals surface area contributed by atoms with Crippen LogP contribution in [0.2, 0.25) is 0 Å². The van der Waals surface area contributed by atoms with E-state index in [2.05, 4.69) is 20.3 Å². The first-order valence-corrected chi connectivity index (χ1v) is 8.52. The Bertz CT molecular complexity index is 942. The summed E-state index contributed by atoms with van der Waals surface area (Å²) in [6.45, 7) is 2.68. The summed E-state index contributed by atoms with van der Waals surface area (Å²) in [5.74, 6) is 0.508. The first-order valence-electron chi connectivity index (χ1n) is 8.52. The molecule has 2 aromatic heterocycles. The molecule has 7 nitrogen and oxygen atoms in total. The molecule has 140 valence electrons. The number of hydrogen-bond acceptors (Lipinski definition) is 7. The number of anilines is 2. The van der Waals surface area contributed by atoms with Gasteiger partial charge in [0.25, 0.3) is 0 Å². The van der Waals surface area contributed by atoms with Crippen LogP contribution in [0.3, 0.4) is 0 Å². The van der Waals surface area contributed by atoms with Gasteiger partial charge in [-0.1, -0.05) is 6.07 Å². The molecule has 0 aliphatic rings. The van der Waals surface area contributed by atoms with E-state index in [0.29, 0.717) is 11.5 Å². The summed E-state index contributed by atoms with van der Waals surface area (Å²) < 4.78 is 0. The second-order valence-corrected chi connectivity index (χ2v) is 6.54. The maximum atomic E-state index is 10.3. The number of benzene rings is 1. The fourth-order valence-electron chi connectivity index (χ4n) is 2.75. The summed E-state index contributed by atoms with van der Waals surface area (Å²) in [5, 5.41) is 32.3. The fraction of sp³-hybridized carbons (Fsp3) is 0.250. The third-order valence-corrected chi connectivity index (χ3v) is 4.26. The van der Waals surface area contributed by atoms with Gasteiger partial charge in [-0.05, 0) is 49.2 Å². The van der Waals surface area contributed by atoms with Gasteiger partial charge in [0, 0.05) is 41.1 Å². The zero-order chi connectivity index (χ0) is 19.4. The van der Waals surface area contributed by atoms with Crippen LogP contribution < -0.4 is 5.32 Å². The van der Waals surface area contributed by atoms with Crippen molar-refractivity contribution in [1.82, 2.24) is 15.0 Å². The molecule has 0 saturated heterocycles. The van der Waals surface area contributed by atoms with Gasteiger partial charge < -0.3 is 20.6 Å². The summed E-state index contributed by atoms with van der Waals surface area (Å²) in [4.78, 5) is 12.7. The van der Waals surface area contributed by atoms with Crippen molar-refractivity contribution in [2.45, 2.75) is 19.4 Å². The van der Waals surface area contributed by atoms with Crippen LogP contribution in [0.15, 0.2) is 48.9 Å². The molecule has 0 unspecified atom stereocenters. The van der Waals surface area contributed by atoms with E-state index in [1.807, 2.05) is 38.1 Å². The van der Waals surface area contributed by atoms with Crippen molar-refractivity contribution in [2.24, 2.45) is 0 Å². The smallest absolute Gasteiger partial charge is 0.227 e. The van der Waals surface area contributed by atoms with Crippen LogP contribution in [0.25, 0.3) is 11.1 Å². The largest absolute Gasteiger partial charge is 0.393 e. The van der Waals surface area contributed by atoms with E-state index in [-0.39, 0.29) is 0 Å². The number of aromatic nitrogens is 3. The van der Waals surface area contributed by atoms with Crippen molar-refractivity contribution in [1.29, 1.82) is 0 Å². The third-order valence-electron chi connectivity index (χ3n) is 4.26. The van der Waals surface area contributed by atoms with Crippen molar-refractivity contribution in [2.75, 3.05) is 18.5 Å². The van der Waals surface area contributed by atoms with Gasteiger partial charge >= 0.3 is 0 Å². The minimum Gasteiger partial charge on any atom is -0.393 e. The molecule has 0 amide bonds. The first-order chi connectivity index (χ1) is 12.9. The lowest BCUT2D eigenvalue weighted by atomic mass is 9.94. The van der Waals surface area contributed by atoms with Crippen LogP contribution in [0.5, 0.6) is 0 Å². The Morgan fingerprint density at radius 3 is 2.48 bits per heavy atom. The lowest BCUT2D eigenvalue weighted by molar-refractivity contribution is -0.0600. The number of rotatable bonds is 6. The number of nitrogens with zero attached hydrogens (tertiary/aromatic N) is 3. The van der Waals surface area contributed by atoms with Crippen LogP contribution in [-0.2, 0) is 5.60 Å². The van der Waals surface area contributed by atoms with Gasteiger partial charge in [0.1, 0.15) is 5.60 Å². The maximum absolute atomic E-state index is 10.3. The molecule has 0 radical (unpaired) electrons. The standard InChI is InChI=1S/C20H22N4O3/c1-13-5-15(8-18(6-13)24-19-22-4-3-14(2)23-19)16-7-17(10-21-9-16)20(27,11-25)12-26/h3-10,25-27H,11-12H2,1-2H3,(H,22,23,24). The molecule has 0 atom stereocenters. The summed E-state index contributed by atoms with van der Waals surface area (Å²) >= 11 is 0. The average molecular weight is 366 g/mol. The Hall–Kier alpha value is -2.87. The number of aliphatic hydroxyl groups excluding tert-OH is 2. The third kappa shape index (κ3) is 4.28. The average Bonchev–Trinajstić information content (AvgIpc) is 2.67. The molecule has 7 heteroatoms. The van der Waals surface area contributed by atoms with E-state index in [9.17, 15) is 15.3 Å². The molecule has 0 saturated carbocycles. The van der Waals surface area contributed by atoms with Gasteiger partial charge in [-0.15, -0.1) is 0 Å². The Labute approximate surface area is 157 Å². The Balaban J connectivity index is 1.97. The second-order valence-electron chi connectivity index (χ2n) is 6.54. The van der Waals surface area contributed by atoms with Crippen molar-refractivity contribution >= 4 is 11.6 Å². The van der Waals surface area contributed by atoms with Crippen molar-refractivity contribution in [3.63, 3.8) is 0 Å². The van der Waals surface area contributed by atoms with Crippen LogP contribution >= 0.6 is 0 Å². The highest BCUT2D eigenvalue weighted by atomic mass is 16.4. The zero-order valence-electron chi connectivity index (χ0n) is 15.2. The molecule has 27 heavy (non-hydrogen) atoms. The Morgan fingerprint density at radius 1 is 1.00 bits per heavy atom. The lowest BCUT2D eigenvalue weighted by Crippen LogP contribution is -2.34. The molecule has 3 rings (SSSR count). The highest BCUT2D eigenvalue weighted by Crippen LogP contribution is 2.29. The summed E-state index contributed by atoms with van der Waals surface area (Å²) in [5.41, 5.74) is 2.95.